The van der Waals surface area contributed by atoms with Crippen LogP contribution in [0.15, 0.2) is 28.2 Å². The van der Waals surface area contributed by atoms with Gasteiger partial charge in [0.1, 0.15) is 5.75 Å². The lowest BCUT2D eigenvalue weighted by Gasteiger charge is -1.92. The van der Waals surface area contributed by atoms with E-state index >= 15 is 0 Å². The van der Waals surface area contributed by atoms with Crippen molar-refractivity contribution in [3.8, 4) is 5.75 Å². The van der Waals surface area contributed by atoms with Gasteiger partial charge in [-0.1, -0.05) is 23.7 Å². The fourth-order valence-electron chi connectivity index (χ4n) is 0.697. The second-order valence-electron chi connectivity index (χ2n) is 2.03. The second kappa shape index (κ2) is 3.79. The number of aromatic hydroxyl groups is 1. The summed E-state index contributed by atoms with van der Waals surface area (Å²) in [4.78, 5) is 0. The van der Waals surface area contributed by atoms with E-state index in [0.717, 1.165) is 5.56 Å². The molecule has 58 valence electrons. The fourth-order valence-corrected chi connectivity index (χ4v) is 1.09. The van der Waals surface area contributed by atoms with Crippen LogP contribution in [-0.2, 0) is 0 Å². The number of rotatable bonds is 1. The molecule has 0 aliphatic heterocycles. The summed E-state index contributed by atoms with van der Waals surface area (Å²) in [5.41, 5.74) is 0.949. The zero-order valence-electron chi connectivity index (χ0n) is 5.59. The zero-order chi connectivity index (χ0) is 8.27. The summed E-state index contributed by atoms with van der Waals surface area (Å²) in [6.07, 6.45) is 1.75. The van der Waals surface area contributed by atoms with Crippen LogP contribution < -0.4 is 0 Å². The Labute approximate surface area is 78.4 Å². The molecule has 1 aromatic carbocycles. The Morgan fingerprint density at radius 2 is 1.91 bits per heavy atom. The highest BCUT2D eigenvalue weighted by atomic mass is 79.9. The number of halogens is 2. The van der Waals surface area contributed by atoms with Crippen molar-refractivity contribution >= 4 is 33.6 Å². The van der Waals surface area contributed by atoms with Gasteiger partial charge >= 0.3 is 0 Å². The molecule has 0 bridgehead atoms. The van der Waals surface area contributed by atoms with Crippen LogP contribution in [0.3, 0.4) is 0 Å². The maximum Gasteiger partial charge on any atom is 0.115 e. The summed E-state index contributed by atoms with van der Waals surface area (Å²) < 4.78 is 0.545. The van der Waals surface area contributed by atoms with E-state index in [4.69, 9.17) is 16.7 Å². The van der Waals surface area contributed by atoms with Crippen LogP contribution in [0, 0.1) is 0 Å². The van der Waals surface area contributed by atoms with Gasteiger partial charge in [-0.05, 0) is 39.7 Å². The average Bonchev–Trinajstić information content (AvgIpc) is 1.93. The first-order chi connectivity index (χ1) is 5.18. The lowest BCUT2D eigenvalue weighted by molar-refractivity contribution is 0.475. The van der Waals surface area contributed by atoms with E-state index in [-0.39, 0.29) is 5.75 Å². The molecular formula is C8H6BrClO. The van der Waals surface area contributed by atoms with E-state index in [0.29, 0.717) is 3.94 Å². The third-order valence-corrected chi connectivity index (χ3v) is 1.51. The van der Waals surface area contributed by atoms with E-state index in [1.807, 2.05) is 0 Å². The summed E-state index contributed by atoms with van der Waals surface area (Å²) in [5, 5.41) is 8.93. The van der Waals surface area contributed by atoms with Crippen molar-refractivity contribution in [1.82, 2.24) is 0 Å². The van der Waals surface area contributed by atoms with Gasteiger partial charge in [0.05, 0.1) is 3.94 Å². The Hall–Kier alpha value is -0.470. The van der Waals surface area contributed by atoms with Crippen molar-refractivity contribution in [3.05, 3.63) is 33.8 Å². The van der Waals surface area contributed by atoms with Gasteiger partial charge in [-0.2, -0.15) is 0 Å². The van der Waals surface area contributed by atoms with E-state index in [1.54, 1.807) is 30.3 Å². The first-order valence-electron chi connectivity index (χ1n) is 3.00. The summed E-state index contributed by atoms with van der Waals surface area (Å²) >= 11 is 8.66. The van der Waals surface area contributed by atoms with Crippen LogP contribution in [0.2, 0.25) is 0 Å². The maximum absolute atomic E-state index is 8.93. The number of benzene rings is 1. The monoisotopic (exact) mass is 232 g/mol. The molecule has 0 saturated heterocycles. The molecule has 1 rings (SSSR count). The Morgan fingerprint density at radius 1 is 1.36 bits per heavy atom. The van der Waals surface area contributed by atoms with Crippen LogP contribution in [0.4, 0.5) is 0 Å². The van der Waals surface area contributed by atoms with Crippen LogP contribution in [0.1, 0.15) is 5.56 Å². The molecule has 0 radical (unpaired) electrons. The topological polar surface area (TPSA) is 20.2 Å². The zero-order valence-corrected chi connectivity index (χ0v) is 7.93. The molecule has 0 heterocycles. The average molecular weight is 233 g/mol. The van der Waals surface area contributed by atoms with Crippen LogP contribution in [0.5, 0.6) is 5.75 Å². The molecule has 0 amide bonds. The quantitative estimate of drug-likeness (QED) is 0.789. The Balaban J connectivity index is 2.91. The third kappa shape index (κ3) is 2.95. The van der Waals surface area contributed by atoms with Gasteiger partial charge in [-0.25, -0.2) is 0 Å². The summed E-state index contributed by atoms with van der Waals surface area (Å²) in [7, 11) is 0. The summed E-state index contributed by atoms with van der Waals surface area (Å²) in [5.74, 6) is 0.257. The number of hydrogen-bond acceptors (Lipinski definition) is 1. The molecule has 3 heteroatoms. The second-order valence-corrected chi connectivity index (χ2v) is 3.74. The van der Waals surface area contributed by atoms with Crippen molar-refractivity contribution in [1.29, 1.82) is 0 Å². The Morgan fingerprint density at radius 3 is 2.36 bits per heavy atom. The van der Waals surface area contributed by atoms with Gasteiger partial charge < -0.3 is 5.11 Å². The Kier molecular flexibility index (Phi) is 2.97. The summed E-state index contributed by atoms with van der Waals surface area (Å²) in [6.45, 7) is 0. The molecule has 0 fully saturated rings. The highest BCUT2D eigenvalue weighted by Gasteiger charge is 1.89. The minimum absolute atomic E-state index is 0.257. The first kappa shape index (κ1) is 8.62. The third-order valence-electron chi connectivity index (χ3n) is 1.17. The fraction of sp³-hybridized carbons (Fsp3) is 0. The molecule has 1 N–H and O–H groups in total. The van der Waals surface area contributed by atoms with Crippen molar-refractivity contribution in [3.63, 3.8) is 0 Å². The number of phenolic OH excluding ortho intramolecular Hbond substituents is 1. The molecule has 0 aromatic heterocycles. The molecule has 1 nitrogen and oxygen atoms in total. The highest BCUT2D eigenvalue weighted by Crippen LogP contribution is 2.17. The van der Waals surface area contributed by atoms with Crippen LogP contribution >= 0.6 is 27.5 Å². The molecule has 11 heavy (non-hydrogen) atoms. The van der Waals surface area contributed by atoms with Crippen molar-refractivity contribution in [2.45, 2.75) is 0 Å². The Bertz CT molecular complexity index is 262. The van der Waals surface area contributed by atoms with Gasteiger partial charge in [-0.15, -0.1) is 0 Å². The minimum Gasteiger partial charge on any atom is -0.508 e. The molecule has 0 aliphatic rings. The molecule has 0 unspecified atom stereocenters. The molecule has 0 aliphatic carbocycles. The van der Waals surface area contributed by atoms with Gasteiger partial charge in [-0.3, -0.25) is 0 Å². The van der Waals surface area contributed by atoms with E-state index in [1.165, 1.54) is 0 Å². The molecular weight excluding hydrogens is 227 g/mol. The van der Waals surface area contributed by atoms with E-state index in [2.05, 4.69) is 15.9 Å². The predicted molar refractivity (Wildman–Crippen MR) is 50.9 cm³/mol. The molecule has 0 saturated carbocycles. The SMILES string of the molecule is Oc1ccc(/C=C(\Cl)Br)cc1. The number of hydrogen-bond donors (Lipinski definition) is 1. The van der Waals surface area contributed by atoms with Crippen molar-refractivity contribution < 1.29 is 5.11 Å². The standard InChI is InChI=1S/C8H6BrClO/c9-8(10)5-6-1-3-7(11)4-2-6/h1-5,11H/b8-5-. The normalized spacial score (nSPS) is 11.6. The van der Waals surface area contributed by atoms with Crippen LogP contribution in [0.25, 0.3) is 6.08 Å². The molecule has 0 spiro atoms. The maximum atomic E-state index is 8.93. The minimum atomic E-state index is 0.257. The van der Waals surface area contributed by atoms with E-state index < -0.39 is 0 Å². The highest BCUT2D eigenvalue weighted by molar-refractivity contribution is 9.12. The number of phenols is 1. The van der Waals surface area contributed by atoms with Gasteiger partial charge in [0.25, 0.3) is 0 Å². The summed E-state index contributed by atoms with van der Waals surface area (Å²) in [6, 6.07) is 6.77. The van der Waals surface area contributed by atoms with E-state index in [9.17, 15) is 0 Å². The van der Waals surface area contributed by atoms with Gasteiger partial charge in [0.15, 0.2) is 0 Å². The van der Waals surface area contributed by atoms with Crippen molar-refractivity contribution in [2.75, 3.05) is 0 Å². The predicted octanol–water partition coefficient (Wildman–Crippen LogP) is 3.32. The van der Waals surface area contributed by atoms with Gasteiger partial charge in [0, 0.05) is 0 Å². The first-order valence-corrected chi connectivity index (χ1v) is 4.17. The largest absolute Gasteiger partial charge is 0.508 e. The van der Waals surface area contributed by atoms with Crippen molar-refractivity contribution in [2.24, 2.45) is 0 Å². The molecule has 1 aromatic rings. The molecule has 0 atom stereocenters. The lowest BCUT2D eigenvalue weighted by atomic mass is 10.2. The van der Waals surface area contributed by atoms with Crippen LogP contribution in [-0.4, -0.2) is 5.11 Å². The lowest BCUT2D eigenvalue weighted by Crippen LogP contribution is -1.69. The smallest absolute Gasteiger partial charge is 0.115 e. The van der Waals surface area contributed by atoms with Gasteiger partial charge in [0.2, 0.25) is 0 Å².